The molecule has 4 bridgehead atoms. The lowest BCUT2D eigenvalue weighted by molar-refractivity contribution is 0.702. The predicted octanol–water partition coefficient (Wildman–Crippen LogP) is 4.47. The maximum absolute atomic E-state index is 2.44. The lowest BCUT2D eigenvalue weighted by atomic mass is 10.2. The summed E-state index contributed by atoms with van der Waals surface area (Å²) < 4.78 is 2.21. The highest BCUT2D eigenvalue weighted by atomic mass is 32.3. The summed E-state index contributed by atoms with van der Waals surface area (Å²) in [5, 5.41) is 0. The van der Waals surface area contributed by atoms with E-state index in [1.54, 1.807) is 0 Å². The van der Waals surface area contributed by atoms with Crippen molar-refractivity contribution in [1.82, 2.24) is 0 Å². The fourth-order valence-electron chi connectivity index (χ4n) is 2.29. The van der Waals surface area contributed by atoms with Gasteiger partial charge in [0.15, 0.2) is 0 Å². The summed E-state index contributed by atoms with van der Waals surface area (Å²) in [7, 11) is 0. The molecule has 4 fully saturated rings. The molecule has 4 heterocycles. The van der Waals surface area contributed by atoms with Crippen LogP contribution in [-0.4, -0.2) is 15.5 Å². The van der Waals surface area contributed by atoms with Crippen molar-refractivity contribution in [2.24, 2.45) is 0 Å². The lowest BCUT2D eigenvalue weighted by Crippen LogP contribution is -2.49. The normalized spacial score (nSPS) is 64.4. The highest BCUT2D eigenvalue weighted by Crippen LogP contribution is 2.80. The first-order valence-corrected chi connectivity index (χ1v) is 8.62. The highest BCUT2D eigenvalue weighted by Gasteiger charge is 2.61. The first kappa shape index (κ1) is 9.94. The van der Waals surface area contributed by atoms with Crippen LogP contribution in [0.5, 0.6) is 0 Å². The Labute approximate surface area is 101 Å². The number of thioether (sulfide) groups is 5. The monoisotopic (exact) mass is 268 g/mol. The van der Waals surface area contributed by atoms with Crippen LogP contribution in [-0.2, 0) is 0 Å². The van der Waals surface area contributed by atoms with Gasteiger partial charge < -0.3 is 0 Å². The van der Waals surface area contributed by atoms with Gasteiger partial charge in [-0.05, 0) is 27.2 Å². The minimum absolute atomic E-state index is 0.433. The molecule has 13 heavy (non-hydrogen) atoms. The summed E-state index contributed by atoms with van der Waals surface area (Å²) in [6, 6.07) is 0. The zero-order chi connectivity index (χ0) is 9.32. The third-order valence-electron chi connectivity index (χ3n) is 2.45. The summed E-state index contributed by atoms with van der Waals surface area (Å²) in [6.07, 6.45) is 1.36. The molecule has 0 aromatic heterocycles. The molecule has 4 aliphatic heterocycles. The summed E-state index contributed by atoms with van der Waals surface area (Å²) in [4.78, 5) is 0. The summed E-state index contributed by atoms with van der Waals surface area (Å²) in [6.45, 7) is 7.28. The summed E-state index contributed by atoms with van der Waals surface area (Å²) in [5.41, 5.74) is 0. The quantitative estimate of drug-likeness (QED) is 0.633. The van der Waals surface area contributed by atoms with Crippen molar-refractivity contribution in [2.45, 2.75) is 42.7 Å². The SMILES string of the molecule is CC12SC3S[C@](C)(C[C@](C)(S3)S1)S2. The minimum atomic E-state index is 0.433. The first-order chi connectivity index (χ1) is 5.91. The fraction of sp³-hybridized carbons (Fsp3) is 1.00. The summed E-state index contributed by atoms with van der Waals surface area (Å²) in [5.74, 6) is 0. The first-order valence-electron chi connectivity index (χ1n) is 4.34. The fourth-order valence-corrected chi connectivity index (χ4v) is 18.5. The van der Waals surface area contributed by atoms with Crippen molar-refractivity contribution < 1.29 is 0 Å². The van der Waals surface area contributed by atoms with E-state index < -0.39 is 0 Å². The van der Waals surface area contributed by atoms with Crippen LogP contribution in [0.15, 0.2) is 0 Å². The largest absolute Gasteiger partial charge is 0.119 e. The summed E-state index contributed by atoms with van der Waals surface area (Å²) >= 11 is 10.9. The van der Waals surface area contributed by atoms with E-state index in [9.17, 15) is 0 Å². The Balaban J connectivity index is 2.03. The molecular weight excluding hydrogens is 256 g/mol. The smallest absolute Gasteiger partial charge is 0.108 e. The highest BCUT2D eigenvalue weighted by molar-refractivity contribution is 8.53. The van der Waals surface area contributed by atoms with Crippen molar-refractivity contribution in [3.8, 4) is 0 Å². The average Bonchev–Trinajstić information content (AvgIpc) is 1.71. The Morgan fingerprint density at radius 1 is 0.923 bits per heavy atom. The van der Waals surface area contributed by atoms with Crippen molar-refractivity contribution in [3.63, 3.8) is 0 Å². The molecule has 0 N–H and O–H groups in total. The van der Waals surface area contributed by atoms with Gasteiger partial charge in [-0.15, -0.1) is 58.8 Å². The molecule has 0 aromatic rings. The molecule has 0 aromatic carbocycles. The minimum Gasteiger partial charge on any atom is -0.119 e. The standard InChI is InChI=1S/C8H12S5/c1-6-4-7(2)10-5(9-6)11-8(3,12-6)13-7/h5H,4H2,1-3H3/t5?,6-,7+,8?. The molecule has 4 atom stereocenters. The Hall–Kier alpha value is 1.75. The van der Waals surface area contributed by atoms with E-state index in [2.05, 4.69) is 79.6 Å². The van der Waals surface area contributed by atoms with Crippen LogP contribution < -0.4 is 0 Å². The van der Waals surface area contributed by atoms with Gasteiger partial charge in [0.1, 0.15) is 7.33 Å². The van der Waals surface area contributed by atoms with Crippen LogP contribution in [0.3, 0.4) is 0 Å². The number of hydrogen-bond acceptors (Lipinski definition) is 5. The molecule has 4 aliphatic rings. The molecule has 2 unspecified atom stereocenters. The van der Waals surface area contributed by atoms with Gasteiger partial charge in [0.05, 0.1) is 8.16 Å². The molecule has 0 nitrogen and oxygen atoms in total. The van der Waals surface area contributed by atoms with Crippen molar-refractivity contribution in [1.29, 1.82) is 0 Å². The average molecular weight is 269 g/mol. The Morgan fingerprint density at radius 3 is 1.85 bits per heavy atom. The van der Waals surface area contributed by atoms with Crippen LogP contribution in [0.4, 0.5) is 0 Å². The van der Waals surface area contributed by atoms with E-state index in [-0.39, 0.29) is 0 Å². The second-order valence-corrected chi connectivity index (χ2v) is 14.9. The van der Waals surface area contributed by atoms with Gasteiger partial charge in [-0.25, -0.2) is 0 Å². The van der Waals surface area contributed by atoms with Crippen LogP contribution in [0.2, 0.25) is 0 Å². The number of hydrogen-bond donors (Lipinski definition) is 0. The van der Waals surface area contributed by atoms with Gasteiger partial charge in [0.25, 0.3) is 0 Å². The topological polar surface area (TPSA) is 0 Å². The van der Waals surface area contributed by atoms with E-state index >= 15 is 0 Å². The van der Waals surface area contributed by atoms with Crippen LogP contribution in [0.25, 0.3) is 0 Å². The van der Waals surface area contributed by atoms with E-state index in [0.717, 1.165) is 3.91 Å². The third-order valence-corrected chi connectivity index (χ3v) is 11.0. The van der Waals surface area contributed by atoms with Gasteiger partial charge in [-0.2, -0.15) is 0 Å². The van der Waals surface area contributed by atoms with Gasteiger partial charge >= 0.3 is 0 Å². The molecule has 0 aliphatic carbocycles. The zero-order valence-electron chi connectivity index (χ0n) is 7.83. The molecule has 4 rings (SSSR count). The van der Waals surface area contributed by atoms with Crippen LogP contribution in [0.1, 0.15) is 27.2 Å². The van der Waals surface area contributed by atoms with E-state index in [4.69, 9.17) is 0 Å². The molecule has 0 amide bonds. The Morgan fingerprint density at radius 2 is 1.46 bits per heavy atom. The van der Waals surface area contributed by atoms with E-state index in [1.807, 2.05) is 0 Å². The van der Waals surface area contributed by atoms with Gasteiger partial charge in [-0.3, -0.25) is 0 Å². The molecule has 0 spiro atoms. The second-order valence-electron chi connectivity index (χ2n) is 4.15. The van der Waals surface area contributed by atoms with Gasteiger partial charge in [-0.1, -0.05) is 0 Å². The second kappa shape index (κ2) is 2.70. The molecule has 74 valence electrons. The van der Waals surface area contributed by atoms with Crippen molar-refractivity contribution in [2.75, 3.05) is 0 Å². The molecule has 5 heteroatoms. The van der Waals surface area contributed by atoms with Crippen molar-refractivity contribution in [3.05, 3.63) is 0 Å². The Kier molecular flexibility index (Phi) is 2.07. The maximum Gasteiger partial charge on any atom is 0.108 e. The predicted molar refractivity (Wildman–Crippen MR) is 71.6 cm³/mol. The van der Waals surface area contributed by atoms with Gasteiger partial charge in [0.2, 0.25) is 0 Å². The molecule has 4 saturated heterocycles. The molecule has 0 radical (unpaired) electrons. The van der Waals surface area contributed by atoms with Crippen LogP contribution in [0, 0.1) is 0 Å². The molecular formula is C8H12S5. The van der Waals surface area contributed by atoms with Gasteiger partial charge in [0, 0.05) is 0 Å². The zero-order valence-corrected chi connectivity index (χ0v) is 11.9. The van der Waals surface area contributed by atoms with E-state index in [0.29, 0.717) is 11.6 Å². The Bertz CT molecular complexity index is 214. The van der Waals surface area contributed by atoms with E-state index in [1.165, 1.54) is 6.42 Å². The number of rotatable bonds is 0. The molecule has 0 saturated carbocycles. The van der Waals surface area contributed by atoms with Crippen molar-refractivity contribution >= 4 is 58.8 Å². The van der Waals surface area contributed by atoms with Crippen LogP contribution >= 0.6 is 58.8 Å². The maximum atomic E-state index is 2.44. The lowest BCUT2D eigenvalue weighted by Gasteiger charge is -2.61. The third kappa shape index (κ3) is 1.57.